The van der Waals surface area contributed by atoms with Gasteiger partial charge >= 0.3 is 0 Å². The van der Waals surface area contributed by atoms with Gasteiger partial charge in [0.2, 0.25) is 0 Å². The molecular formula is C15H22FNO. The molecule has 2 rings (SSSR count). The minimum absolute atomic E-state index is 0.280. The molecule has 3 heteroatoms. The van der Waals surface area contributed by atoms with Crippen molar-refractivity contribution in [2.45, 2.75) is 26.7 Å². The molecule has 0 amide bonds. The van der Waals surface area contributed by atoms with Crippen LogP contribution in [0, 0.1) is 11.2 Å². The Morgan fingerprint density at radius 1 is 1.39 bits per heavy atom. The zero-order chi connectivity index (χ0) is 13.0. The van der Waals surface area contributed by atoms with Crippen LogP contribution in [0.4, 0.5) is 4.39 Å². The van der Waals surface area contributed by atoms with Crippen molar-refractivity contribution in [2.75, 3.05) is 26.2 Å². The van der Waals surface area contributed by atoms with Crippen LogP contribution in [0.5, 0.6) is 5.75 Å². The van der Waals surface area contributed by atoms with E-state index in [0.29, 0.717) is 17.8 Å². The van der Waals surface area contributed by atoms with Crippen LogP contribution in [-0.2, 0) is 0 Å². The first kappa shape index (κ1) is 13.3. The Morgan fingerprint density at radius 3 is 2.83 bits per heavy atom. The summed E-state index contributed by atoms with van der Waals surface area (Å²) in [5.74, 6) is 0.0762. The molecular weight excluding hydrogens is 229 g/mol. The lowest BCUT2D eigenvalue weighted by Crippen LogP contribution is -2.28. The second-order valence-electron chi connectivity index (χ2n) is 5.47. The molecule has 0 saturated carbocycles. The highest BCUT2D eigenvalue weighted by atomic mass is 19.1. The first-order valence-electron chi connectivity index (χ1n) is 6.73. The van der Waals surface area contributed by atoms with Crippen molar-refractivity contribution in [1.82, 2.24) is 4.90 Å². The third-order valence-electron chi connectivity index (χ3n) is 3.99. The van der Waals surface area contributed by atoms with Crippen LogP contribution in [0.1, 0.15) is 26.7 Å². The molecule has 1 aliphatic rings. The molecule has 1 aliphatic heterocycles. The quantitative estimate of drug-likeness (QED) is 0.796. The fraction of sp³-hybridized carbons (Fsp3) is 0.600. The summed E-state index contributed by atoms with van der Waals surface area (Å²) in [5.41, 5.74) is 0.456. The molecule has 0 aromatic heterocycles. The Morgan fingerprint density at radius 2 is 2.17 bits per heavy atom. The van der Waals surface area contributed by atoms with Crippen molar-refractivity contribution in [1.29, 1.82) is 0 Å². The first-order chi connectivity index (χ1) is 8.63. The van der Waals surface area contributed by atoms with Gasteiger partial charge in [0.05, 0.1) is 0 Å². The van der Waals surface area contributed by atoms with Crippen LogP contribution < -0.4 is 4.74 Å². The largest absolute Gasteiger partial charge is 0.489 e. The highest BCUT2D eigenvalue weighted by molar-refractivity contribution is 5.23. The van der Waals surface area contributed by atoms with Crippen LogP contribution in [-0.4, -0.2) is 31.1 Å². The number of ether oxygens (including phenoxy) is 1. The van der Waals surface area contributed by atoms with Gasteiger partial charge in [-0.2, -0.15) is 0 Å². The van der Waals surface area contributed by atoms with E-state index < -0.39 is 0 Å². The number of likely N-dealkylation sites (tertiary alicyclic amines) is 1. The summed E-state index contributed by atoms with van der Waals surface area (Å²) in [4.78, 5) is 2.41. The van der Waals surface area contributed by atoms with Crippen molar-refractivity contribution >= 4 is 0 Å². The standard InChI is InChI=1S/C15H22FNO/c1-3-15(2)8-9-17(12-15)10-11-18-14-7-5-4-6-13(14)16/h4-7H,3,8-12H2,1-2H3. The Bertz CT molecular complexity index is 396. The summed E-state index contributed by atoms with van der Waals surface area (Å²) in [6.07, 6.45) is 2.47. The lowest BCUT2D eigenvalue weighted by Gasteiger charge is -2.22. The van der Waals surface area contributed by atoms with Gasteiger partial charge in [0.15, 0.2) is 11.6 Å². The fourth-order valence-electron chi connectivity index (χ4n) is 2.45. The smallest absolute Gasteiger partial charge is 0.165 e. The predicted molar refractivity (Wildman–Crippen MR) is 71.4 cm³/mol. The van der Waals surface area contributed by atoms with Crippen molar-refractivity contribution < 1.29 is 9.13 Å². The highest BCUT2D eigenvalue weighted by Gasteiger charge is 2.31. The summed E-state index contributed by atoms with van der Waals surface area (Å²) in [7, 11) is 0. The van der Waals surface area contributed by atoms with E-state index in [1.165, 1.54) is 18.9 Å². The maximum atomic E-state index is 13.3. The van der Waals surface area contributed by atoms with Gasteiger partial charge in [0.25, 0.3) is 0 Å². The van der Waals surface area contributed by atoms with E-state index in [4.69, 9.17) is 4.74 Å². The van der Waals surface area contributed by atoms with Crippen molar-refractivity contribution in [3.8, 4) is 5.75 Å². The van der Waals surface area contributed by atoms with Crippen LogP contribution >= 0.6 is 0 Å². The Balaban J connectivity index is 1.75. The Hall–Kier alpha value is -1.09. The second-order valence-corrected chi connectivity index (χ2v) is 5.47. The normalized spacial score (nSPS) is 24.4. The highest BCUT2D eigenvalue weighted by Crippen LogP contribution is 2.32. The van der Waals surface area contributed by atoms with E-state index in [-0.39, 0.29) is 5.82 Å². The van der Waals surface area contributed by atoms with Crippen molar-refractivity contribution in [3.63, 3.8) is 0 Å². The van der Waals surface area contributed by atoms with E-state index in [0.717, 1.165) is 19.6 Å². The fourth-order valence-corrected chi connectivity index (χ4v) is 2.45. The lowest BCUT2D eigenvalue weighted by molar-refractivity contribution is 0.211. The van der Waals surface area contributed by atoms with Crippen molar-refractivity contribution in [2.24, 2.45) is 5.41 Å². The van der Waals surface area contributed by atoms with E-state index in [1.807, 2.05) is 0 Å². The van der Waals surface area contributed by atoms with Gasteiger partial charge in [-0.25, -0.2) is 4.39 Å². The molecule has 0 spiro atoms. The molecule has 18 heavy (non-hydrogen) atoms. The molecule has 100 valence electrons. The molecule has 0 bridgehead atoms. The van der Waals surface area contributed by atoms with Crippen molar-refractivity contribution in [3.05, 3.63) is 30.1 Å². The van der Waals surface area contributed by atoms with E-state index in [1.54, 1.807) is 18.2 Å². The van der Waals surface area contributed by atoms with Gasteiger partial charge in [-0.05, 0) is 36.9 Å². The summed E-state index contributed by atoms with van der Waals surface area (Å²) in [6, 6.07) is 6.58. The van der Waals surface area contributed by atoms with Crippen LogP contribution in [0.2, 0.25) is 0 Å². The molecule has 0 N–H and O–H groups in total. The molecule has 1 saturated heterocycles. The van der Waals surface area contributed by atoms with Gasteiger partial charge in [-0.3, -0.25) is 4.90 Å². The maximum absolute atomic E-state index is 13.3. The molecule has 2 nitrogen and oxygen atoms in total. The number of nitrogens with zero attached hydrogens (tertiary/aromatic N) is 1. The number of hydrogen-bond acceptors (Lipinski definition) is 2. The predicted octanol–water partition coefficient (Wildman–Crippen LogP) is 3.33. The minimum Gasteiger partial charge on any atom is -0.489 e. The zero-order valence-corrected chi connectivity index (χ0v) is 11.3. The minimum atomic E-state index is -0.280. The van der Waals surface area contributed by atoms with Crippen LogP contribution in [0.25, 0.3) is 0 Å². The molecule has 0 radical (unpaired) electrons. The average Bonchev–Trinajstić information content (AvgIpc) is 2.75. The third-order valence-corrected chi connectivity index (χ3v) is 3.99. The van der Waals surface area contributed by atoms with Gasteiger partial charge in [0, 0.05) is 13.1 Å². The molecule has 1 heterocycles. The number of benzene rings is 1. The molecule has 1 fully saturated rings. The molecule has 1 atom stereocenters. The van der Waals surface area contributed by atoms with Gasteiger partial charge in [0.1, 0.15) is 6.61 Å². The molecule has 1 unspecified atom stereocenters. The zero-order valence-electron chi connectivity index (χ0n) is 11.3. The molecule has 0 aliphatic carbocycles. The summed E-state index contributed by atoms with van der Waals surface area (Å²) < 4.78 is 18.8. The Kier molecular flexibility index (Phi) is 4.23. The Labute approximate surface area is 109 Å². The van der Waals surface area contributed by atoms with E-state index in [9.17, 15) is 4.39 Å². The van der Waals surface area contributed by atoms with E-state index in [2.05, 4.69) is 18.7 Å². The molecule has 1 aromatic rings. The summed E-state index contributed by atoms with van der Waals surface area (Å²) in [5, 5.41) is 0. The number of para-hydroxylation sites is 1. The average molecular weight is 251 g/mol. The monoisotopic (exact) mass is 251 g/mol. The van der Waals surface area contributed by atoms with Crippen LogP contribution in [0.15, 0.2) is 24.3 Å². The summed E-state index contributed by atoms with van der Waals surface area (Å²) in [6.45, 7) is 8.28. The van der Waals surface area contributed by atoms with Gasteiger partial charge < -0.3 is 4.74 Å². The first-order valence-corrected chi connectivity index (χ1v) is 6.73. The van der Waals surface area contributed by atoms with Crippen LogP contribution in [0.3, 0.4) is 0 Å². The van der Waals surface area contributed by atoms with Gasteiger partial charge in [-0.15, -0.1) is 0 Å². The third kappa shape index (κ3) is 3.22. The lowest BCUT2D eigenvalue weighted by atomic mass is 9.87. The van der Waals surface area contributed by atoms with Gasteiger partial charge in [-0.1, -0.05) is 26.0 Å². The number of halogens is 1. The maximum Gasteiger partial charge on any atom is 0.165 e. The second kappa shape index (κ2) is 5.70. The topological polar surface area (TPSA) is 12.5 Å². The number of rotatable bonds is 5. The SMILES string of the molecule is CCC1(C)CCN(CCOc2ccccc2F)C1. The number of hydrogen-bond donors (Lipinski definition) is 0. The summed E-state index contributed by atoms with van der Waals surface area (Å²) >= 11 is 0. The molecule has 1 aromatic carbocycles. The van der Waals surface area contributed by atoms with E-state index >= 15 is 0 Å².